The quantitative estimate of drug-likeness (QED) is 0.702. The Balaban J connectivity index is 1.64. The second kappa shape index (κ2) is 8.40. The Bertz CT molecular complexity index is 971. The molecule has 1 heterocycles. The van der Waals surface area contributed by atoms with Crippen LogP contribution in [0.3, 0.4) is 0 Å². The molecule has 2 amide bonds. The maximum Gasteiger partial charge on any atom is 0.271 e. The van der Waals surface area contributed by atoms with Gasteiger partial charge in [0, 0.05) is 18.2 Å². The number of amides is 2. The van der Waals surface area contributed by atoms with Gasteiger partial charge in [0.15, 0.2) is 0 Å². The van der Waals surface area contributed by atoms with Gasteiger partial charge in [-0.1, -0.05) is 38.1 Å². The van der Waals surface area contributed by atoms with Crippen molar-refractivity contribution in [1.29, 1.82) is 0 Å². The van der Waals surface area contributed by atoms with Crippen LogP contribution in [0.1, 0.15) is 36.3 Å². The highest BCUT2D eigenvalue weighted by Gasteiger charge is 2.11. The van der Waals surface area contributed by atoms with Crippen molar-refractivity contribution in [2.75, 3.05) is 5.32 Å². The van der Waals surface area contributed by atoms with Gasteiger partial charge in [-0.15, -0.1) is 0 Å². The molecule has 1 aromatic heterocycles. The summed E-state index contributed by atoms with van der Waals surface area (Å²) < 4.78 is 0. The van der Waals surface area contributed by atoms with Crippen molar-refractivity contribution in [3.8, 4) is 0 Å². The zero-order valence-electron chi connectivity index (χ0n) is 15.4. The van der Waals surface area contributed by atoms with Gasteiger partial charge in [-0.3, -0.25) is 14.6 Å². The first-order chi connectivity index (χ1) is 13.1. The summed E-state index contributed by atoms with van der Waals surface area (Å²) in [6.45, 7) is 4.20. The molecule has 0 bridgehead atoms. The molecular formula is C21H22N4O2. The first-order valence-corrected chi connectivity index (χ1v) is 8.96. The molecule has 6 nitrogen and oxygen atoms in total. The number of para-hydroxylation sites is 2. The molecule has 2 N–H and O–H groups in total. The Morgan fingerprint density at radius 1 is 1.07 bits per heavy atom. The fraction of sp³-hybridized carbons (Fsp3) is 0.238. The summed E-state index contributed by atoms with van der Waals surface area (Å²) in [4.78, 5) is 33.0. The number of carbonyl (C=O) groups excluding carboxylic acids is 2. The van der Waals surface area contributed by atoms with Crippen LogP contribution in [-0.2, 0) is 11.3 Å². The van der Waals surface area contributed by atoms with Gasteiger partial charge in [0.2, 0.25) is 5.91 Å². The summed E-state index contributed by atoms with van der Waals surface area (Å²) in [7, 11) is 0. The van der Waals surface area contributed by atoms with Gasteiger partial charge in [-0.05, 0) is 36.2 Å². The SMILES string of the molecule is CCC(C)C(=O)Nc1cccc(CNC(=O)c2cnc3ccccc3n2)c1. The summed E-state index contributed by atoms with van der Waals surface area (Å²) in [6, 6.07) is 14.8. The van der Waals surface area contributed by atoms with Crippen LogP contribution in [0, 0.1) is 5.92 Å². The second-order valence-corrected chi connectivity index (χ2v) is 6.43. The average molecular weight is 362 g/mol. The normalized spacial score (nSPS) is 11.8. The average Bonchev–Trinajstić information content (AvgIpc) is 2.71. The lowest BCUT2D eigenvalue weighted by Gasteiger charge is -2.11. The van der Waals surface area contributed by atoms with E-state index in [0.717, 1.165) is 23.2 Å². The van der Waals surface area contributed by atoms with E-state index in [1.165, 1.54) is 6.20 Å². The Labute approximate surface area is 158 Å². The highest BCUT2D eigenvalue weighted by atomic mass is 16.2. The van der Waals surface area contributed by atoms with E-state index in [0.29, 0.717) is 12.1 Å². The van der Waals surface area contributed by atoms with Crippen molar-refractivity contribution in [1.82, 2.24) is 15.3 Å². The maximum absolute atomic E-state index is 12.4. The van der Waals surface area contributed by atoms with Crippen molar-refractivity contribution in [2.45, 2.75) is 26.8 Å². The van der Waals surface area contributed by atoms with Crippen LogP contribution < -0.4 is 10.6 Å². The molecule has 3 aromatic rings. The minimum absolute atomic E-state index is 0.00914. The molecule has 6 heteroatoms. The van der Waals surface area contributed by atoms with Gasteiger partial charge < -0.3 is 10.6 Å². The van der Waals surface area contributed by atoms with Gasteiger partial charge in [0.05, 0.1) is 17.2 Å². The molecule has 0 spiro atoms. The minimum Gasteiger partial charge on any atom is -0.347 e. The standard InChI is InChI=1S/C21H22N4O2/c1-3-14(2)20(26)24-16-8-6-7-15(11-16)12-23-21(27)19-13-22-17-9-4-5-10-18(17)25-19/h4-11,13-14H,3,12H2,1-2H3,(H,23,27)(H,24,26). The third-order valence-electron chi connectivity index (χ3n) is 4.39. The first-order valence-electron chi connectivity index (χ1n) is 8.96. The number of benzene rings is 2. The van der Waals surface area contributed by atoms with Crippen molar-refractivity contribution in [3.05, 3.63) is 66.0 Å². The van der Waals surface area contributed by atoms with Gasteiger partial charge in [-0.25, -0.2) is 4.98 Å². The van der Waals surface area contributed by atoms with E-state index >= 15 is 0 Å². The monoisotopic (exact) mass is 362 g/mol. The number of anilines is 1. The van der Waals surface area contributed by atoms with Crippen LogP contribution in [0.25, 0.3) is 11.0 Å². The van der Waals surface area contributed by atoms with Crippen LogP contribution in [0.5, 0.6) is 0 Å². The Kier molecular flexibility index (Phi) is 5.76. The predicted molar refractivity (Wildman–Crippen MR) is 105 cm³/mol. The lowest BCUT2D eigenvalue weighted by Crippen LogP contribution is -2.24. The summed E-state index contributed by atoms with van der Waals surface area (Å²) in [6.07, 6.45) is 2.26. The lowest BCUT2D eigenvalue weighted by molar-refractivity contribution is -0.119. The van der Waals surface area contributed by atoms with Crippen molar-refractivity contribution in [3.63, 3.8) is 0 Å². The molecule has 0 radical (unpaired) electrons. The molecule has 0 aliphatic rings. The van der Waals surface area contributed by atoms with E-state index < -0.39 is 0 Å². The third-order valence-corrected chi connectivity index (χ3v) is 4.39. The topological polar surface area (TPSA) is 84.0 Å². The Hall–Kier alpha value is -3.28. The van der Waals surface area contributed by atoms with Gasteiger partial charge in [-0.2, -0.15) is 0 Å². The number of aromatic nitrogens is 2. The fourth-order valence-corrected chi connectivity index (χ4v) is 2.55. The zero-order valence-corrected chi connectivity index (χ0v) is 15.4. The maximum atomic E-state index is 12.4. The summed E-state index contributed by atoms with van der Waals surface area (Å²) in [5.74, 6) is -0.341. The van der Waals surface area contributed by atoms with Crippen LogP contribution in [0.15, 0.2) is 54.7 Å². The molecule has 0 saturated carbocycles. The van der Waals surface area contributed by atoms with Crippen LogP contribution in [0.4, 0.5) is 5.69 Å². The number of hydrogen-bond acceptors (Lipinski definition) is 4. The van der Waals surface area contributed by atoms with E-state index in [2.05, 4.69) is 20.6 Å². The van der Waals surface area contributed by atoms with Crippen molar-refractivity contribution < 1.29 is 9.59 Å². The lowest BCUT2D eigenvalue weighted by atomic mass is 10.1. The zero-order chi connectivity index (χ0) is 19.2. The molecule has 0 saturated heterocycles. The van der Waals surface area contributed by atoms with E-state index in [-0.39, 0.29) is 23.4 Å². The molecule has 0 aliphatic heterocycles. The molecule has 27 heavy (non-hydrogen) atoms. The molecule has 2 aromatic carbocycles. The van der Waals surface area contributed by atoms with Crippen LogP contribution >= 0.6 is 0 Å². The van der Waals surface area contributed by atoms with Crippen LogP contribution in [-0.4, -0.2) is 21.8 Å². The highest BCUT2D eigenvalue weighted by molar-refractivity contribution is 5.94. The Morgan fingerprint density at radius 3 is 2.63 bits per heavy atom. The number of hydrogen-bond donors (Lipinski definition) is 2. The van der Waals surface area contributed by atoms with Crippen molar-refractivity contribution >= 4 is 28.5 Å². The van der Waals surface area contributed by atoms with E-state index in [4.69, 9.17) is 0 Å². The van der Waals surface area contributed by atoms with Crippen LogP contribution in [0.2, 0.25) is 0 Å². The van der Waals surface area contributed by atoms with Gasteiger partial charge >= 0.3 is 0 Å². The highest BCUT2D eigenvalue weighted by Crippen LogP contribution is 2.13. The molecular weight excluding hydrogens is 340 g/mol. The summed E-state index contributed by atoms with van der Waals surface area (Å²) >= 11 is 0. The second-order valence-electron chi connectivity index (χ2n) is 6.43. The largest absolute Gasteiger partial charge is 0.347 e. The van der Waals surface area contributed by atoms with Gasteiger partial charge in [0.1, 0.15) is 5.69 Å². The predicted octanol–water partition coefficient (Wildman–Crippen LogP) is 3.54. The number of rotatable bonds is 6. The smallest absolute Gasteiger partial charge is 0.271 e. The summed E-state index contributed by atoms with van der Waals surface area (Å²) in [5.41, 5.74) is 3.31. The number of carbonyl (C=O) groups is 2. The third kappa shape index (κ3) is 4.67. The van der Waals surface area contributed by atoms with Crippen molar-refractivity contribution in [2.24, 2.45) is 5.92 Å². The molecule has 1 atom stereocenters. The number of nitrogens with one attached hydrogen (secondary N) is 2. The molecule has 3 rings (SSSR count). The molecule has 138 valence electrons. The number of nitrogens with zero attached hydrogens (tertiary/aromatic N) is 2. The minimum atomic E-state index is -0.290. The fourth-order valence-electron chi connectivity index (χ4n) is 2.55. The Morgan fingerprint density at radius 2 is 1.85 bits per heavy atom. The molecule has 0 aliphatic carbocycles. The molecule has 1 unspecified atom stereocenters. The van der Waals surface area contributed by atoms with Gasteiger partial charge in [0.25, 0.3) is 5.91 Å². The van der Waals surface area contributed by atoms with E-state index in [1.807, 2.05) is 62.4 Å². The van der Waals surface area contributed by atoms with E-state index in [1.54, 1.807) is 0 Å². The first kappa shape index (κ1) is 18.5. The van der Waals surface area contributed by atoms with E-state index in [9.17, 15) is 9.59 Å². The molecule has 0 fully saturated rings. The summed E-state index contributed by atoms with van der Waals surface area (Å²) in [5, 5.41) is 5.74. The number of fused-ring (bicyclic) bond motifs is 1.